The van der Waals surface area contributed by atoms with Crippen molar-refractivity contribution in [3.8, 4) is 22.6 Å². The van der Waals surface area contributed by atoms with E-state index in [1.807, 2.05) is 78.9 Å². The van der Waals surface area contributed by atoms with E-state index in [9.17, 15) is 4.79 Å². The molecule has 1 aliphatic heterocycles. The normalized spacial score (nSPS) is 13.9. The fourth-order valence-corrected chi connectivity index (χ4v) is 4.67. The molecule has 5 rings (SSSR count). The maximum absolute atomic E-state index is 12.6. The van der Waals surface area contributed by atoms with Crippen molar-refractivity contribution < 1.29 is 19.0 Å². The lowest BCUT2D eigenvalue weighted by molar-refractivity contribution is -0.129. The molecule has 4 aromatic rings. The van der Waals surface area contributed by atoms with Crippen LogP contribution >= 0.6 is 34.2 Å². The summed E-state index contributed by atoms with van der Waals surface area (Å²) in [5, 5.41) is 0.365. The number of hydrogen-bond acceptors (Lipinski definition) is 5. The van der Waals surface area contributed by atoms with Gasteiger partial charge in [-0.3, -0.25) is 0 Å². The van der Waals surface area contributed by atoms with Crippen molar-refractivity contribution in [2.24, 2.45) is 4.99 Å². The summed E-state index contributed by atoms with van der Waals surface area (Å²) in [5.74, 6) is 0.613. The van der Waals surface area contributed by atoms with E-state index >= 15 is 0 Å². The van der Waals surface area contributed by atoms with Crippen molar-refractivity contribution in [1.82, 2.24) is 0 Å². The third-order valence-corrected chi connectivity index (χ3v) is 7.08. The Morgan fingerprint density at radius 3 is 2.32 bits per heavy atom. The molecule has 0 aromatic heterocycles. The Labute approximate surface area is 233 Å². The Hall–Kier alpha value is -3.62. The summed E-state index contributed by atoms with van der Waals surface area (Å²) < 4.78 is 18.0. The van der Waals surface area contributed by atoms with Gasteiger partial charge in [-0.25, -0.2) is 9.79 Å². The van der Waals surface area contributed by atoms with E-state index in [1.54, 1.807) is 25.3 Å². The number of carbonyl (C=O) groups excluding carboxylic acids is 1. The third-order valence-electron chi connectivity index (χ3n) is 5.74. The summed E-state index contributed by atoms with van der Waals surface area (Å²) in [6, 6.07) is 29.2. The van der Waals surface area contributed by atoms with Gasteiger partial charge in [0.05, 0.1) is 12.1 Å². The number of esters is 1. The van der Waals surface area contributed by atoms with Gasteiger partial charge in [-0.05, 0) is 75.7 Å². The highest BCUT2D eigenvalue weighted by Crippen LogP contribution is 2.38. The molecule has 0 aliphatic carbocycles. The Morgan fingerprint density at radius 2 is 1.59 bits per heavy atom. The number of carbonyl (C=O) groups is 1. The van der Waals surface area contributed by atoms with Gasteiger partial charge in [0, 0.05) is 14.7 Å². The molecule has 184 valence electrons. The summed E-state index contributed by atoms with van der Waals surface area (Å²) in [7, 11) is 1.54. The van der Waals surface area contributed by atoms with Crippen molar-refractivity contribution in [2.45, 2.75) is 6.61 Å². The first kappa shape index (κ1) is 25.0. The summed E-state index contributed by atoms with van der Waals surface area (Å²) in [4.78, 5) is 17.0. The quantitative estimate of drug-likeness (QED) is 0.122. The van der Waals surface area contributed by atoms with Gasteiger partial charge in [0.15, 0.2) is 17.2 Å². The van der Waals surface area contributed by atoms with Crippen LogP contribution in [0.3, 0.4) is 0 Å². The summed E-state index contributed by atoms with van der Waals surface area (Å²) in [5.41, 5.74) is 4.74. The molecule has 0 atom stereocenters. The lowest BCUT2D eigenvalue weighted by Crippen LogP contribution is -2.05. The monoisotopic (exact) mass is 621 g/mol. The molecular formula is C30H21ClINO4. The van der Waals surface area contributed by atoms with Crippen molar-refractivity contribution >= 4 is 52.1 Å². The molecule has 0 bridgehead atoms. The van der Waals surface area contributed by atoms with Crippen LogP contribution in [0, 0.1) is 3.57 Å². The van der Waals surface area contributed by atoms with Crippen molar-refractivity contribution in [2.75, 3.05) is 7.11 Å². The summed E-state index contributed by atoms with van der Waals surface area (Å²) in [6.45, 7) is 0.346. The van der Waals surface area contributed by atoms with Crippen LogP contribution < -0.4 is 9.47 Å². The molecule has 0 spiro atoms. The standard InChI is InChI=1S/C30H21ClINO4/c1-35-27-17-19(15-24(31)28(27)36-18-23-9-5-6-10-25(23)32)16-26-30(34)37-29(33-26)22-13-11-21(12-14-22)20-7-3-2-4-8-20/h2-17H,18H2,1H3/b26-16-. The topological polar surface area (TPSA) is 57.1 Å². The first-order valence-corrected chi connectivity index (χ1v) is 12.9. The number of hydrogen-bond donors (Lipinski definition) is 0. The molecule has 0 unspecified atom stereocenters. The zero-order valence-electron chi connectivity index (χ0n) is 19.8. The van der Waals surface area contributed by atoms with Gasteiger partial charge in [0.25, 0.3) is 0 Å². The maximum Gasteiger partial charge on any atom is 0.363 e. The minimum Gasteiger partial charge on any atom is -0.493 e. The zero-order valence-corrected chi connectivity index (χ0v) is 22.7. The number of cyclic esters (lactones) is 1. The van der Waals surface area contributed by atoms with Gasteiger partial charge in [-0.1, -0.05) is 72.3 Å². The van der Waals surface area contributed by atoms with Crippen LogP contribution in [-0.2, 0) is 16.1 Å². The lowest BCUT2D eigenvalue weighted by Gasteiger charge is -2.14. The van der Waals surface area contributed by atoms with Crippen LogP contribution in [0.25, 0.3) is 17.2 Å². The van der Waals surface area contributed by atoms with Crippen LogP contribution in [0.15, 0.2) is 102 Å². The first-order valence-electron chi connectivity index (χ1n) is 11.4. The predicted octanol–water partition coefficient (Wildman–Crippen LogP) is 7.54. The van der Waals surface area contributed by atoms with Gasteiger partial charge in [0.2, 0.25) is 5.90 Å². The first-order chi connectivity index (χ1) is 18.0. The fourth-order valence-electron chi connectivity index (χ4n) is 3.85. The number of ether oxygens (including phenoxy) is 3. The van der Waals surface area contributed by atoms with Crippen LogP contribution in [0.1, 0.15) is 16.7 Å². The number of rotatable bonds is 7. The number of aliphatic imine (C=N–C) groups is 1. The molecule has 5 nitrogen and oxygen atoms in total. The average Bonchev–Trinajstić information content (AvgIpc) is 3.29. The van der Waals surface area contributed by atoms with Crippen LogP contribution in [0.4, 0.5) is 0 Å². The molecular weight excluding hydrogens is 601 g/mol. The fraction of sp³-hybridized carbons (Fsp3) is 0.0667. The second kappa shape index (κ2) is 11.2. The molecule has 0 fully saturated rings. The lowest BCUT2D eigenvalue weighted by atomic mass is 10.0. The second-order valence-corrected chi connectivity index (χ2v) is 9.76. The van der Waals surface area contributed by atoms with Crippen molar-refractivity contribution in [1.29, 1.82) is 0 Å². The summed E-state index contributed by atoms with van der Waals surface area (Å²) in [6.07, 6.45) is 1.62. The molecule has 0 saturated heterocycles. The van der Waals surface area contributed by atoms with Crippen molar-refractivity contribution in [3.05, 3.63) is 122 Å². The molecule has 0 radical (unpaired) electrons. The third kappa shape index (κ3) is 5.70. The van der Waals surface area contributed by atoms with Gasteiger partial charge in [-0.2, -0.15) is 0 Å². The number of nitrogens with zero attached hydrogens (tertiary/aromatic N) is 1. The largest absolute Gasteiger partial charge is 0.493 e. The van der Waals surface area contributed by atoms with E-state index in [0.717, 1.165) is 20.3 Å². The Bertz CT molecular complexity index is 1510. The Kier molecular flexibility index (Phi) is 7.58. The van der Waals surface area contributed by atoms with Gasteiger partial charge >= 0.3 is 5.97 Å². The molecule has 1 heterocycles. The molecule has 1 aliphatic rings. The zero-order chi connectivity index (χ0) is 25.8. The van der Waals surface area contributed by atoms with E-state index in [1.165, 1.54) is 0 Å². The minimum atomic E-state index is -0.531. The van der Waals surface area contributed by atoms with Gasteiger partial charge in [0.1, 0.15) is 6.61 Å². The Balaban J connectivity index is 1.37. The van der Waals surface area contributed by atoms with E-state index in [-0.39, 0.29) is 11.6 Å². The van der Waals surface area contributed by atoms with Crippen LogP contribution in [0.2, 0.25) is 5.02 Å². The van der Waals surface area contributed by atoms with Crippen LogP contribution in [-0.4, -0.2) is 19.0 Å². The SMILES string of the molecule is COc1cc(/C=C2\N=C(c3ccc(-c4ccccc4)cc3)OC2=O)cc(Cl)c1OCc1ccccc1I. The minimum absolute atomic E-state index is 0.174. The highest BCUT2D eigenvalue weighted by molar-refractivity contribution is 14.1. The van der Waals surface area contributed by atoms with Crippen LogP contribution in [0.5, 0.6) is 11.5 Å². The molecule has 0 amide bonds. The molecule has 0 N–H and O–H groups in total. The van der Waals surface area contributed by atoms with E-state index in [0.29, 0.717) is 34.3 Å². The van der Waals surface area contributed by atoms with E-state index in [2.05, 4.69) is 27.6 Å². The summed E-state index contributed by atoms with van der Waals surface area (Å²) >= 11 is 8.81. The molecule has 0 saturated carbocycles. The van der Waals surface area contributed by atoms with E-state index in [4.69, 9.17) is 25.8 Å². The molecule has 37 heavy (non-hydrogen) atoms. The van der Waals surface area contributed by atoms with Gasteiger partial charge < -0.3 is 14.2 Å². The molecule has 7 heteroatoms. The predicted molar refractivity (Wildman–Crippen MR) is 154 cm³/mol. The Morgan fingerprint density at radius 1 is 0.919 bits per heavy atom. The maximum atomic E-state index is 12.6. The smallest absolute Gasteiger partial charge is 0.363 e. The van der Waals surface area contributed by atoms with Crippen molar-refractivity contribution in [3.63, 3.8) is 0 Å². The number of halogens is 2. The van der Waals surface area contributed by atoms with E-state index < -0.39 is 5.97 Å². The second-order valence-electron chi connectivity index (χ2n) is 8.19. The van der Waals surface area contributed by atoms with Gasteiger partial charge in [-0.15, -0.1) is 0 Å². The number of benzene rings is 4. The highest BCUT2D eigenvalue weighted by atomic mass is 127. The average molecular weight is 622 g/mol. The molecule has 4 aromatic carbocycles. The highest BCUT2D eigenvalue weighted by Gasteiger charge is 2.24. The number of methoxy groups -OCH3 is 1.